The van der Waals surface area contributed by atoms with Crippen molar-refractivity contribution in [2.24, 2.45) is 0 Å². The number of hydrogen-bond acceptors (Lipinski definition) is 4. The van der Waals surface area contributed by atoms with Crippen molar-refractivity contribution in [2.75, 3.05) is 26.1 Å². The number of anilines is 1. The molecule has 2 aromatic rings. The van der Waals surface area contributed by atoms with Crippen molar-refractivity contribution in [2.45, 2.75) is 49.3 Å². The molecule has 5 nitrogen and oxygen atoms in total. The molecule has 6 heteroatoms. The van der Waals surface area contributed by atoms with Gasteiger partial charge in [0.15, 0.2) is 0 Å². The van der Waals surface area contributed by atoms with Gasteiger partial charge in [0.2, 0.25) is 0 Å². The van der Waals surface area contributed by atoms with Crippen molar-refractivity contribution < 1.29 is 14.3 Å². The molecule has 1 N–H and O–H groups in total. The van der Waals surface area contributed by atoms with Crippen LogP contribution in [0.3, 0.4) is 0 Å². The first-order chi connectivity index (χ1) is 13.8. The van der Waals surface area contributed by atoms with Crippen molar-refractivity contribution in [1.29, 1.82) is 0 Å². The number of hydrogen-bond donors (Lipinski definition) is 1. The van der Waals surface area contributed by atoms with Gasteiger partial charge in [-0.25, -0.2) is 4.79 Å². The maximum atomic E-state index is 13.0. The predicted molar refractivity (Wildman–Crippen MR) is 119 cm³/mol. The molecule has 156 valence electrons. The summed E-state index contributed by atoms with van der Waals surface area (Å²) in [4.78, 5) is 16.1. The lowest BCUT2D eigenvalue weighted by molar-refractivity contribution is 0.206. The van der Waals surface area contributed by atoms with E-state index in [2.05, 4.69) is 38.2 Å². The van der Waals surface area contributed by atoms with Crippen LogP contribution in [-0.2, 0) is 0 Å². The molecule has 0 aromatic heterocycles. The number of rotatable bonds is 5. The lowest BCUT2D eigenvalue weighted by atomic mass is 10.0. The average Bonchev–Trinajstić information content (AvgIpc) is 3.17. The summed E-state index contributed by atoms with van der Waals surface area (Å²) in [6.45, 7) is 7.28. The van der Waals surface area contributed by atoms with Gasteiger partial charge in [-0.2, -0.15) is 0 Å². The van der Waals surface area contributed by atoms with E-state index in [-0.39, 0.29) is 16.8 Å². The van der Waals surface area contributed by atoms with Gasteiger partial charge >= 0.3 is 6.03 Å². The Kier molecular flexibility index (Phi) is 6.63. The molecule has 1 unspecified atom stereocenters. The maximum Gasteiger partial charge on any atom is 0.322 e. The van der Waals surface area contributed by atoms with Crippen molar-refractivity contribution in [3.05, 3.63) is 48.0 Å². The van der Waals surface area contributed by atoms with Gasteiger partial charge in [-0.3, -0.25) is 0 Å². The van der Waals surface area contributed by atoms with Crippen LogP contribution in [0.5, 0.6) is 11.5 Å². The second-order valence-electron chi connectivity index (χ2n) is 8.13. The number of nitrogens with zero attached hydrogens (tertiary/aromatic N) is 1. The topological polar surface area (TPSA) is 50.8 Å². The SMILES string of the molecule is COc1ccc(OC)c(C2CCCN2C(=O)Nc2ccc(SC(C)(C)C)cc2)c1. The van der Waals surface area contributed by atoms with Crippen molar-refractivity contribution >= 4 is 23.5 Å². The Morgan fingerprint density at radius 2 is 1.83 bits per heavy atom. The molecule has 1 saturated heterocycles. The highest BCUT2D eigenvalue weighted by molar-refractivity contribution is 8.00. The predicted octanol–water partition coefficient (Wildman–Crippen LogP) is 5.96. The van der Waals surface area contributed by atoms with Crippen molar-refractivity contribution in [3.8, 4) is 11.5 Å². The zero-order valence-corrected chi connectivity index (χ0v) is 18.6. The minimum Gasteiger partial charge on any atom is -0.497 e. The van der Waals surface area contributed by atoms with Gasteiger partial charge in [-0.05, 0) is 55.3 Å². The van der Waals surface area contributed by atoms with Crippen LogP contribution < -0.4 is 14.8 Å². The molecule has 0 aliphatic carbocycles. The van der Waals surface area contributed by atoms with Crippen LogP contribution in [0.25, 0.3) is 0 Å². The number of carbonyl (C=O) groups is 1. The number of ether oxygens (including phenoxy) is 2. The second-order valence-corrected chi connectivity index (χ2v) is 10.0. The normalized spacial score (nSPS) is 16.6. The van der Waals surface area contributed by atoms with Gasteiger partial charge in [-0.15, -0.1) is 11.8 Å². The molecule has 1 fully saturated rings. The third kappa shape index (κ3) is 5.38. The Hall–Kier alpha value is -2.34. The summed E-state index contributed by atoms with van der Waals surface area (Å²) in [6, 6.07) is 13.6. The van der Waals surface area contributed by atoms with Crippen LogP contribution >= 0.6 is 11.8 Å². The first kappa shape index (κ1) is 21.4. The van der Waals surface area contributed by atoms with Gasteiger partial charge in [0, 0.05) is 27.4 Å². The number of amides is 2. The number of likely N-dealkylation sites (tertiary alicyclic amines) is 1. The van der Waals surface area contributed by atoms with Gasteiger partial charge < -0.3 is 19.7 Å². The lowest BCUT2D eigenvalue weighted by Gasteiger charge is -2.27. The van der Waals surface area contributed by atoms with E-state index in [1.807, 2.05) is 47.0 Å². The molecule has 1 heterocycles. The molecule has 2 amide bonds. The van der Waals surface area contributed by atoms with E-state index in [0.717, 1.165) is 42.1 Å². The minimum absolute atomic E-state index is 0.0317. The summed E-state index contributed by atoms with van der Waals surface area (Å²) in [5.74, 6) is 1.54. The summed E-state index contributed by atoms with van der Waals surface area (Å²) >= 11 is 1.81. The Bertz CT molecular complexity index is 846. The molecule has 3 rings (SSSR count). The smallest absolute Gasteiger partial charge is 0.322 e. The van der Waals surface area contributed by atoms with E-state index < -0.39 is 0 Å². The molecular weight excluding hydrogens is 384 g/mol. The van der Waals surface area contributed by atoms with E-state index in [1.54, 1.807) is 14.2 Å². The van der Waals surface area contributed by atoms with Gasteiger partial charge in [-0.1, -0.05) is 20.8 Å². The minimum atomic E-state index is -0.0893. The van der Waals surface area contributed by atoms with Crippen LogP contribution in [0, 0.1) is 0 Å². The highest BCUT2D eigenvalue weighted by atomic mass is 32.2. The summed E-state index contributed by atoms with van der Waals surface area (Å²) in [5.41, 5.74) is 1.79. The summed E-state index contributed by atoms with van der Waals surface area (Å²) in [6.07, 6.45) is 1.86. The molecule has 0 radical (unpaired) electrons. The monoisotopic (exact) mass is 414 g/mol. The molecule has 0 spiro atoms. The third-order valence-corrected chi connectivity index (χ3v) is 5.96. The first-order valence-electron chi connectivity index (χ1n) is 9.89. The van der Waals surface area contributed by atoms with Crippen LogP contribution in [0.4, 0.5) is 10.5 Å². The third-order valence-electron chi connectivity index (χ3n) is 4.84. The second kappa shape index (κ2) is 8.99. The fourth-order valence-electron chi connectivity index (χ4n) is 3.59. The summed E-state index contributed by atoms with van der Waals surface area (Å²) < 4.78 is 11.1. The highest BCUT2D eigenvalue weighted by Gasteiger charge is 2.32. The number of carbonyl (C=O) groups excluding carboxylic acids is 1. The molecular formula is C23H30N2O3S. The molecule has 1 atom stereocenters. The van der Waals surface area contributed by atoms with E-state index in [9.17, 15) is 4.79 Å². The Morgan fingerprint density at radius 1 is 1.10 bits per heavy atom. The number of urea groups is 1. The summed E-state index contributed by atoms with van der Waals surface area (Å²) in [7, 11) is 3.30. The average molecular weight is 415 g/mol. The number of benzene rings is 2. The molecule has 2 aromatic carbocycles. The number of nitrogens with one attached hydrogen (secondary N) is 1. The molecule has 1 aliphatic heterocycles. The maximum absolute atomic E-state index is 13.0. The Balaban J connectivity index is 1.74. The summed E-state index contributed by atoms with van der Waals surface area (Å²) in [5, 5.41) is 3.05. The van der Waals surface area contributed by atoms with E-state index in [1.165, 1.54) is 4.90 Å². The standard InChI is InChI=1S/C23H30N2O3S/c1-23(2,3)29-18-11-8-16(9-12-18)24-22(26)25-14-6-7-20(25)19-15-17(27-4)10-13-21(19)28-5/h8-13,15,20H,6-7,14H2,1-5H3,(H,24,26). The van der Waals surface area contributed by atoms with E-state index >= 15 is 0 Å². The van der Waals surface area contributed by atoms with Crippen LogP contribution in [0.15, 0.2) is 47.4 Å². The van der Waals surface area contributed by atoms with Gasteiger partial charge in [0.25, 0.3) is 0 Å². The highest BCUT2D eigenvalue weighted by Crippen LogP contribution is 2.39. The zero-order chi connectivity index (χ0) is 21.0. The van der Waals surface area contributed by atoms with Crippen LogP contribution in [0.2, 0.25) is 0 Å². The van der Waals surface area contributed by atoms with E-state index in [0.29, 0.717) is 0 Å². The van der Waals surface area contributed by atoms with Crippen molar-refractivity contribution in [3.63, 3.8) is 0 Å². The quantitative estimate of drug-likeness (QED) is 0.613. The van der Waals surface area contributed by atoms with Gasteiger partial charge in [0.05, 0.1) is 20.3 Å². The fraction of sp³-hybridized carbons (Fsp3) is 0.435. The van der Waals surface area contributed by atoms with E-state index in [4.69, 9.17) is 9.47 Å². The van der Waals surface area contributed by atoms with Crippen LogP contribution in [-0.4, -0.2) is 36.4 Å². The number of methoxy groups -OCH3 is 2. The van der Waals surface area contributed by atoms with Crippen LogP contribution in [0.1, 0.15) is 45.2 Å². The number of thioether (sulfide) groups is 1. The Labute approximate surface area is 177 Å². The zero-order valence-electron chi connectivity index (χ0n) is 17.8. The lowest BCUT2D eigenvalue weighted by Crippen LogP contribution is -2.34. The van der Waals surface area contributed by atoms with Gasteiger partial charge in [0.1, 0.15) is 11.5 Å². The fourth-order valence-corrected chi connectivity index (χ4v) is 4.57. The van der Waals surface area contributed by atoms with Crippen molar-refractivity contribution in [1.82, 2.24) is 4.90 Å². The Morgan fingerprint density at radius 3 is 2.45 bits per heavy atom. The molecule has 0 saturated carbocycles. The largest absolute Gasteiger partial charge is 0.497 e. The first-order valence-corrected chi connectivity index (χ1v) is 10.7. The molecule has 29 heavy (non-hydrogen) atoms. The molecule has 0 bridgehead atoms. The molecule has 1 aliphatic rings.